The van der Waals surface area contributed by atoms with Gasteiger partial charge in [-0.3, -0.25) is 4.90 Å². The topological polar surface area (TPSA) is 84.4 Å². The summed E-state index contributed by atoms with van der Waals surface area (Å²) in [7, 11) is -4.41. The third-order valence-electron chi connectivity index (χ3n) is 6.92. The van der Waals surface area contributed by atoms with Crippen molar-refractivity contribution in [2.24, 2.45) is 5.92 Å². The van der Waals surface area contributed by atoms with E-state index in [-0.39, 0.29) is 37.7 Å². The molecule has 0 unspecified atom stereocenters. The summed E-state index contributed by atoms with van der Waals surface area (Å²) in [6.45, 7) is 0.207. The van der Waals surface area contributed by atoms with Gasteiger partial charge in [-0.15, -0.1) is 0 Å². The van der Waals surface area contributed by atoms with Crippen molar-refractivity contribution in [1.82, 2.24) is 14.9 Å². The van der Waals surface area contributed by atoms with Crippen molar-refractivity contribution in [2.75, 3.05) is 17.9 Å². The highest BCUT2D eigenvalue weighted by molar-refractivity contribution is 7.92. The molecule has 38 heavy (non-hydrogen) atoms. The maximum absolute atomic E-state index is 15.3. The number of sulfonamides is 1. The summed E-state index contributed by atoms with van der Waals surface area (Å²) in [5.74, 6) is -3.22. The van der Waals surface area contributed by atoms with E-state index < -0.39 is 50.7 Å². The van der Waals surface area contributed by atoms with Gasteiger partial charge in [-0.05, 0) is 49.2 Å². The largest absolute Gasteiger partial charge is 0.493 e. The number of anilines is 1. The summed E-state index contributed by atoms with van der Waals surface area (Å²) in [5.41, 5.74) is 0.848. The van der Waals surface area contributed by atoms with Crippen LogP contribution in [0.5, 0.6) is 5.75 Å². The van der Waals surface area contributed by atoms with Gasteiger partial charge in [0.25, 0.3) is 10.0 Å². The molecule has 202 valence electrons. The smallest absolute Gasteiger partial charge is 0.391 e. The number of halogens is 5. The lowest BCUT2D eigenvalue weighted by molar-refractivity contribution is -0.192. The Labute approximate surface area is 215 Å². The lowest BCUT2D eigenvalue weighted by atomic mass is 9.84. The number of hydrogen-bond donors (Lipinski definition) is 1. The van der Waals surface area contributed by atoms with Crippen LogP contribution in [0.2, 0.25) is 0 Å². The van der Waals surface area contributed by atoms with Crippen molar-refractivity contribution in [3.8, 4) is 5.75 Å². The number of aromatic nitrogens is 2. The van der Waals surface area contributed by atoms with Crippen molar-refractivity contribution in [2.45, 2.75) is 42.4 Å². The summed E-state index contributed by atoms with van der Waals surface area (Å²) in [6.07, 6.45) is -1.78. The molecule has 3 aromatic rings. The maximum atomic E-state index is 15.3. The number of fused-ring (bicyclic) bond motifs is 1. The van der Waals surface area contributed by atoms with Crippen LogP contribution in [0.25, 0.3) is 0 Å². The fraction of sp³-hybridized carbons (Fsp3) is 0.360. The number of nitrogens with one attached hydrogen (secondary N) is 1. The molecule has 0 amide bonds. The van der Waals surface area contributed by atoms with Crippen LogP contribution in [0.1, 0.15) is 42.5 Å². The van der Waals surface area contributed by atoms with Crippen LogP contribution in [-0.4, -0.2) is 42.6 Å². The molecule has 1 aromatic heterocycles. The first kappa shape index (κ1) is 26.3. The zero-order valence-electron chi connectivity index (χ0n) is 19.8. The summed E-state index contributed by atoms with van der Waals surface area (Å²) in [4.78, 5) is 8.74. The van der Waals surface area contributed by atoms with Gasteiger partial charge in [0.15, 0.2) is 0 Å². The Morgan fingerprint density at radius 2 is 1.71 bits per heavy atom. The Balaban J connectivity index is 1.49. The molecule has 3 heterocycles. The van der Waals surface area contributed by atoms with Crippen LogP contribution in [-0.2, 0) is 10.0 Å². The number of alkyl halides is 3. The Morgan fingerprint density at radius 3 is 2.39 bits per heavy atom. The van der Waals surface area contributed by atoms with Crippen LogP contribution in [0.4, 0.5) is 27.9 Å². The Bertz CT molecular complexity index is 1400. The number of nitrogens with zero attached hydrogens (tertiary/aromatic N) is 3. The summed E-state index contributed by atoms with van der Waals surface area (Å²) >= 11 is 0. The summed E-state index contributed by atoms with van der Waals surface area (Å²) < 4.78 is 103. The van der Waals surface area contributed by atoms with Gasteiger partial charge in [-0.2, -0.15) is 13.2 Å². The highest BCUT2D eigenvalue weighted by atomic mass is 32.2. The van der Waals surface area contributed by atoms with Gasteiger partial charge in [0, 0.05) is 42.5 Å². The molecule has 2 aliphatic heterocycles. The van der Waals surface area contributed by atoms with Gasteiger partial charge in [-0.1, -0.05) is 12.1 Å². The van der Waals surface area contributed by atoms with Gasteiger partial charge in [0.1, 0.15) is 22.3 Å². The van der Waals surface area contributed by atoms with Gasteiger partial charge in [0.2, 0.25) is 5.95 Å². The highest BCUT2D eigenvalue weighted by Gasteiger charge is 2.46. The number of hydrogen-bond acceptors (Lipinski definition) is 6. The average Bonchev–Trinajstić information content (AvgIpc) is 2.88. The normalized spacial score (nSPS) is 22.4. The van der Waals surface area contributed by atoms with Crippen LogP contribution in [0, 0.1) is 17.6 Å². The molecule has 2 aromatic carbocycles. The minimum Gasteiger partial charge on any atom is -0.493 e. The fourth-order valence-corrected chi connectivity index (χ4v) is 6.15. The van der Waals surface area contributed by atoms with Crippen molar-refractivity contribution in [1.29, 1.82) is 0 Å². The van der Waals surface area contributed by atoms with E-state index in [1.165, 1.54) is 42.7 Å². The second-order valence-electron chi connectivity index (χ2n) is 9.22. The lowest BCUT2D eigenvalue weighted by Gasteiger charge is -2.46. The molecule has 3 atom stereocenters. The lowest BCUT2D eigenvalue weighted by Crippen LogP contribution is -2.44. The number of rotatable bonds is 5. The Kier molecular flexibility index (Phi) is 6.99. The predicted molar refractivity (Wildman–Crippen MR) is 127 cm³/mol. The van der Waals surface area contributed by atoms with E-state index in [1.54, 1.807) is 0 Å². The third kappa shape index (κ3) is 5.30. The van der Waals surface area contributed by atoms with Crippen LogP contribution < -0.4 is 9.46 Å². The molecule has 0 saturated carbocycles. The fourth-order valence-electron chi connectivity index (χ4n) is 5.12. The minimum atomic E-state index is -4.41. The van der Waals surface area contributed by atoms with Crippen LogP contribution in [0.3, 0.4) is 0 Å². The minimum absolute atomic E-state index is 0.0604. The molecule has 0 radical (unpaired) electrons. The van der Waals surface area contributed by atoms with E-state index in [0.29, 0.717) is 17.5 Å². The third-order valence-corrected chi connectivity index (χ3v) is 8.26. The monoisotopic (exact) mass is 554 g/mol. The number of piperidine rings is 1. The molecule has 0 bridgehead atoms. The molecule has 7 nitrogen and oxygen atoms in total. The molecule has 0 aliphatic carbocycles. The first-order chi connectivity index (χ1) is 18.0. The van der Waals surface area contributed by atoms with E-state index >= 15 is 4.39 Å². The standard InChI is InChI=1S/C25H23F5N4O3S/c26-17-4-2-15(3-5-17)21-12-16(25(28,29)30)6-10-34(21)20-7-11-37-22-14-23(19(27)13-18(20)22)38(35,36)33-24-31-8-1-9-32-24/h1-5,8-9,13-14,16,20-21H,6-7,10-12H2,(H,31,32,33)/t16-,20-,21+/m0/s1. The summed E-state index contributed by atoms with van der Waals surface area (Å²) in [5, 5.41) is 0. The zero-order chi connectivity index (χ0) is 27.1. The van der Waals surface area contributed by atoms with Crippen molar-refractivity contribution in [3.05, 3.63) is 77.6 Å². The first-order valence-corrected chi connectivity index (χ1v) is 13.4. The van der Waals surface area contributed by atoms with Crippen molar-refractivity contribution < 1.29 is 35.1 Å². The molecular weight excluding hydrogens is 531 g/mol. The Hall–Kier alpha value is -3.32. The van der Waals surface area contributed by atoms with Gasteiger partial charge in [-0.25, -0.2) is 31.9 Å². The molecule has 2 aliphatic rings. The maximum Gasteiger partial charge on any atom is 0.391 e. The van der Waals surface area contributed by atoms with Crippen molar-refractivity contribution in [3.63, 3.8) is 0 Å². The molecule has 5 rings (SSSR count). The number of benzene rings is 2. The number of likely N-dealkylation sites (tertiary alicyclic amines) is 1. The molecule has 1 N–H and O–H groups in total. The van der Waals surface area contributed by atoms with E-state index in [1.807, 2.05) is 4.90 Å². The predicted octanol–water partition coefficient (Wildman–Crippen LogP) is 5.39. The van der Waals surface area contributed by atoms with E-state index in [4.69, 9.17) is 4.74 Å². The second kappa shape index (κ2) is 10.1. The van der Waals surface area contributed by atoms with Gasteiger partial charge in [0.05, 0.1) is 12.5 Å². The molecule has 0 spiro atoms. The average molecular weight is 555 g/mol. The van der Waals surface area contributed by atoms with Crippen molar-refractivity contribution >= 4 is 16.0 Å². The summed E-state index contributed by atoms with van der Waals surface area (Å²) in [6, 6.07) is 7.66. The molecule has 13 heteroatoms. The first-order valence-electron chi connectivity index (χ1n) is 11.9. The molecule has 1 fully saturated rings. The highest BCUT2D eigenvalue weighted by Crippen LogP contribution is 2.48. The Morgan fingerprint density at radius 1 is 1.00 bits per heavy atom. The van der Waals surface area contributed by atoms with Gasteiger partial charge >= 0.3 is 6.18 Å². The SMILES string of the molecule is O=S(=O)(Nc1ncccn1)c1cc2c(cc1F)[C@@H](N1CC[C@H](C(F)(F)F)C[C@@H]1c1ccc(F)cc1)CCO2. The van der Waals surface area contributed by atoms with E-state index in [9.17, 15) is 26.0 Å². The second-order valence-corrected chi connectivity index (χ2v) is 10.9. The molecular formula is C25H23F5N4O3S. The van der Waals surface area contributed by atoms with Crippen LogP contribution >= 0.6 is 0 Å². The quantitative estimate of drug-likeness (QED) is 0.426. The van der Waals surface area contributed by atoms with Crippen LogP contribution in [0.15, 0.2) is 59.8 Å². The zero-order valence-corrected chi connectivity index (χ0v) is 20.6. The van der Waals surface area contributed by atoms with Gasteiger partial charge < -0.3 is 4.74 Å². The van der Waals surface area contributed by atoms with E-state index in [0.717, 1.165) is 12.1 Å². The molecule has 1 saturated heterocycles. The number of ether oxygens (including phenoxy) is 1. The van der Waals surface area contributed by atoms with E-state index in [2.05, 4.69) is 14.7 Å².